The highest BCUT2D eigenvalue weighted by atomic mass is 35.5. The van der Waals surface area contributed by atoms with Gasteiger partial charge in [0.05, 0.1) is 11.2 Å². The van der Waals surface area contributed by atoms with Crippen LogP contribution in [0.2, 0.25) is 10.0 Å². The van der Waals surface area contributed by atoms with E-state index < -0.39 is 0 Å². The number of anilines is 3. The van der Waals surface area contributed by atoms with Gasteiger partial charge in [-0.3, -0.25) is 5.43 Å². The third-order valence-electron chi connectivity index (χ3n) is 2.90. The van der Waals surface area contributed by atoms with Crippen LogP contribution in [-0.2, 0) is 0 Å². The molecular formula is C15H18Cl2N6. The number of halogens is 2. The highest BCUT2D eigenvalue weighted by Gasteiger charge is 2.07. The molecule has 1 aromatic heterocycles. The SMILES string of the molecule is CN(C)c1cc(NN=Cc2ccc(Cl)cc2Cl)nc(N(C)C)n1. The Bertz CT molecular complexity index is 689. The molecule has 0 saturated heterocycles. The smallest absolute Gasteiger partial charge is 0.228 e. The van der Waals surface area contributed by atoms with Crippen molar-refractivity contribution in [2.45, 2.75) is 0 Å². The minimum absolute atomic E-state index is 0.536. The summed E-state index contributed by atoms with van der Waals surface area (Å²) in [6.45, 7) is 0. The number of nitrogens with zero attached hydrogens (tertiary/aromatic N) is 5. The summed E-state index contributed by atoms with van der Waals surface area (Å²) in [6.07, 6.45) is 1.62. The average Bonchev–Trinajstić information content (AvgIpc) is 2.49. The third kappa shape index (κ3) is 4.71. The van der Waals surface area contributed by atoms with Crippen LogP contribution in [0.1, 0.15) is 5.56 Å². The fourth-order valence-electron chi connectivity index (χ4n) is 1.68. The van der Waals surface area contributed by atoms with E-state index in [1.54, 1.807) is 24.4 Å². The molecular weight excluding hydrogens is 335 g/mol. The van der Waals surface area contributed by atoms with Gasteiger partial charge in [0.15, 0.2) is 5.82 Å². The molecule has 0 aliphatic heterocycles. The molecule has 0 aliphatic carbocycles. The number of hydrogen-bond donors (Lipinski definition) is 1. The van der Waals surface area contributed by atoms with Crippen molar-refractivity contribution in [3.63, 3.8) is 0 Å². The van der Waals surface area contributed by atoms with E-state index in [-0.39, 0.29) is 0 Å². The highest BCUT2D eigenvalue weighted by Crippen LogP contribution is 2.20. The van der Waals surface area contributed by atoms with Crippen LogP contribution < -0.4 is 15.2 Å². The summed E-state index contributed by atoms with van der Waals surface area (Å²) in [7, 11) is 7.61. The van der Waals surface area contributed by atoms with Gasteiger partial charge in [-0.15, -0.1) is 0 Å². The lowest BCUT2D eigenvalue weighted by atomic mass is 10.2. The zero-order valence-corrected chi connectivity index (χ0v) is 14.9. The van der Waals surface area contributed by atoms with Crippen LogP contribution >= 0.6 is 23.2 Å². The first kappa shape index (κ1) is 17.3. The van der Waals surface area contributed by atoms with Gasteiger partial charge in [0.2, 0.25) is 5.95 Å². The van der Waals surface area contributed by atoms with Crippen molar-refractivity contribution in [1.82, 2.24) is 9.97 Å². The monoisotopic (exact) mass is 352 g/mol. The van der Waals surface area contributed by atoms with Gasteiger partial charge >= 0.3 is 0 Å². The quantitative estimate of drug-likeness (QED) is 0.660. The van der Waals surface area contributed by atoms with Gasteiger partial charge in [0.1, 0.15) is 5.82 Å². The largest absolute Gasteiger partial charge is 0.363 e. The summed E-state index contributed by atoms with van der Waals surface area (Å²) in [5, 5.41) is 5.29. The predicted octanol–water partition coefficient (Wildman–Crippen LogP) is 3.36. The zero-order chi connectivity index (χ0) is 17.0. The van der Waals surface area contributed by atoms with Crippen molar-refractivity contribution < 1.29 is 0 Å². The number of hydrogen-bond acceptors (Lipinski definition) is 6. The maximum Gasteiger partial charge on any atom is 0.228 e. The molecule has 0 fully saturated rings. The lowest BCUT2D eigenvalue weighted by Crippen LogP contribution is -2.17. The van der Waals surface area contributed by atoms with Crippen LogP contribution in [-0.4, -0.2) is 44.4 Å². The molecule has 0 unspecified atom stereocenters. The number of benzene rings is 1. The third-order valence-corrected chi connectivity index (χ3v) is 3.47. The van der Waals surface area contributed by atoms with Crippen molar-refractivity contribution >= 4 is 47.0 Å². The van der Waals surface area contributed by atoms with Gasteiger partial charge in [-0.2, -0.15) is 15.1 Å². The first-order chi connectivity index (χ1) is 10.9. The molecule has 1 heterocycles. The van der Waals surface area contributed by atoms with E-state index in [0.29, 0.717) is 21.8 Å². The molecule has 1 N–H and O–H groups in total. The second kappa shape index (κ2) is 7.48. The van der Waals surface area contributed by atoms with Gasteiger partial charge in [-0.05, 0) is 12.1 Å². The molecule has 2 rings (SSSR count). The van der Waals surface area contributed by atoms with Crippen LogP contribution in [0, 0.1) is 0 Å². The Balaban J connectivity index is 2.20. The predicted molar refractivity (Wildman–Crippen MR) is 98.4 cm³/mol. The molecule has 0 bridgehead atoms. The van der Waals surface area contributed by atoms with E-state index in [1.165, 1.54) is 0 Å². The summed E-state index contributed by atoms with van der Waals surface area (Å²) < 4.78 is 0. The van der Waals surface area contributed by atoms with Crippen molar-refractivity contribution in [2.75, 3.05) is 43.4 Å². The van der Waals surface area contributed by atoms with E-state index in [4.69, 9.17) is 23.2 Å². The Hall–Kier alpha value is -2.05. The van der Waals surface area contributed by atoms with Gasteiger partial charge in [0, 0.05) is 44.8 Å². The molecule has 23 heavy (non-hydrogen) atoms. The van der Waals surface area contributed by atoms with Crippen molar-refractivity contribution in [3.05, 3.63) is 39.9 Å². The molecule has 0 spiro atoms. The van der Waals surface area contributed by atoms with Gasteiger partial charge < -0.3 is 9.80 Å². The van der Waals surface area contributed by atoms with E-state index >= 15 is 0 Å². The number of nitrogens with one attached hydrogen (secondary N) is 1. The maximum atomic E-state index is 6.10. The lowest BCUT2D eigenvalue weighted by molar-refractivity contribution is 0.966. The molecule has 6 nitrogen and oxygen atoms in total. The first-order valence-corrected chi connectivity index (χ1v) is 7.60. The van der Waals surface area contributed by atoms with Crippen LogP contribution in [0.15, 0.2) is 29.4 Å². The highest BCUT2D eigenvalue weighted by molar-refractivity contribution is 6.36. The molecule has 1 aromatic carbocycles. The standard InChI is InChI=1S/C15H18Cl2N6/c1-22(2)14-8-13(19-15(20-14)23(3)4)21-18-9-10-5-6-11(16)7-12(10)17/h5-9H,1-4H3,(H,19,20,21). The van der Waals surface area contributed by atoms with E-state index in [2.05, 4.69) is 20.5 Å². The first-order valence-electron chi connectivity index (χ1n) is 6.84. The van der Waals surface area contributed by atoms with Crippen molar-refractivity contribution in [3.8, 4) is 0 Å². The van der Waals surface area contributed by atoms with Crippen LogP contribution in [0.3, 0.4) is 0 Å². The molecule has 0 aliphatic rings. The topological polar surface area (TPSA) is 56.6 Å². The number of hydrazone groups is 1. The van der Waals surface area contributed by atoms with Gasteiger partial charge in [0.25, 0.3) is 0 Å². The van der Waals surface area contributed by atoms with Crippen LogP contribution in [0.4, 0.5) is 17.6 Å². The Kier molecular flexibility index (Phi) is 5.63. The fourth-order valence-corrected chi connectivity index (χ4v) is 2.14. The minimum Gasteiger partial charge on any atom is -0.363 e. The lowest BCUT2D eigenvalue weighted by Gasteiger charge is -2.17. The Morgan fingerprint density at radius 2 is 1.78 bits per heavy atom. The second-order valence-corrected chi connectivity index (χ2v) is 6.08. The Labute approximate surface area is 145 Å². The summed E-state index contributed by atoms with van der Waals surface area (Å²) in [5.74, 6) is 1.97. The Morgan fingerprint density at radius 1 is 1.04 bits per heavy atom. The van der Waals surface area contributed by atoms with Gasteiger partial charge in [-0.25, -0.2) is 0 Å². The summed E-state index contributed by atoms with van der Waals surface area (Å²) in [6, 6.07) is 7.04. The number of rotatable bonds is 5. The molecule has 2 aromatic rings. The Morgan fingerprint density at radius 3 is 2.39 bits per heavy atom. The molecule has 0 atom stereocenters. The average molecular weight is 353 g/mol. The normalized spacial score (nSPS) is 10.9. The summed E-state index contributed by atoms with van der Waals surface area (Å²) in [4.78, 5) is 12.6. The second-order valence-electron chi connectivity index (χ2n) is 5.24. The van der Waals surface area contributed by atoms with Gasteiger partial charge in [-0.1, -0.05) is 29.3 Å². The number of aromatic nitrogens is 2. The van der Waals surface area contributed by atoms with Crippen molar-refractivity contribution in [1.29, 1.82) is 0 Å². The summed E-state index contributed by atoms with van der Waals surface area (Å²) >= 11 is 12.0. The molecule has 0 saturated carbocycles. The molecule has 0 radical (unpaired) electrons. The molecule has 8 heteroatoms. The summed E-state index contributed by atoms with van der Waals surface area (Å²) in [5.41, 5.74) is 3.66. The molecule has 122 valence electrons. The van der Waals surface area contributed by atoms with E-state index in [0.717, 1.165) is 11.4 Å². The minimum atomic E-state index is 0.536. The van der Waals surface area contributed by atoms with Crippen LogP contribution in [0.5, 0.6) is 0 Å². The molecule has 0 amide bonds. The van der Waals surface area contributed by atoms with Crippen LogP contribution in [0.25, 0.3) is 0 Å². The maximum absolute atomic E-state index is 6.10. The fraction of sp³-hybridized carbons (Fsp3) is 0.267. The van der Waals surface area contributed by atoms with E-state index in [9.17, 15) is 0 Å². The van der Waals surface area contributed by atoms with E-state index in [1.807, 2.05) is 44.1 Å². The zero-order valence-electron chi connectivity index (χ0n) is 13.4. The van der Waals surface area contributed by atoms with Crippen molar-refractivity contribution in [2.24, 2.45) is 5.10 Å².